The van der Waals surface area contributed by atoms with Gasteiger partial charge < -0.3 is 19.8 Å². The maximum atomic E-state index is 13.3. The van der Waals surface area contributed by atoms with E-state index in [1.54, 1.807) is 44.6 Å². The smallest absolute Gasteiger partial charge is 0.263 e. The van der Waals surface area contributed by atoms with Gasteiger partial charge in [0.25, 0.3) is 10.0 Å². The van der Waals surface area contributed by atoms with Gasteiger partial charge >= 0.3 is 0 Å². The van der Waals surface area contributed by atoms with Gasteiger partial charge in [0.15, 0.2) is 5.16 Å². The Morgan fingerprint density at radius 2 is 1.52 bits per heavy atom. The van der Waals surface area contributed by atoms with Crippen molar-refractivity contribution in [1.82, 2.24) is 15.0 Å². The molecule has 44 heavy (non-hydrogen) atoms. The number of rotatable bonds is 12. The summed E-state index contributed by atoms with van der Waals surface area (Å²) in [6.45, 7) is 1.92. The van der Waals surface area contributed by atoms with Crippen LogP contribution in [0.5, 0.6) is 11.5 Å². The number of nitrogens with zero attached hydrogens (tertiary/aromatic N) is 2. The summed E-state index contributed by atoms with van der Waals surface area (Å²) in [4.78, 5) is 25.6. The molecule has 3 aromatic carbocycles. The van der Waals surface area contributed by atoms with Crippen LogP contribution in [0.4, 0.5) is 11.5 Å². The minimum absolute atomic E-state index is 0.0512. The number of ether oxygens (including phenoxy) is 2. The molecule has 226 valence electrons. The van der Waals surface area contributed by atoms with Crippen molar-refractivity contribution in [2.45, 2.75) is 28.6 Å². The topological polar surface area (TPSA) is 135 Å². The second-order valence-corrected chi connectivity index (χ2v) is 12.4. The molecule has 5 aromatic rings. The molecule has 2 heterocycles. The lowest BCUT2D eigenvalue weighted by molar-refractivity contribution is -0.115. The largest absolute Gasteiger partial charge is 0.497 e. The second kappa shape index (κ2) is 13.7. The van der Waals surface area contributed by atoms with Crippen molar-refractivity contribution in [1.29, 1.82) is 0 Å². The molecule has 0 aliphatic heterocycles. The molecule has 1 unspecified atom stereocenters. The molecule has 0 aliphatic carbocycles. The first kappa shape index (κ1) is 30.6. The van der Waals surface area contributed by atoms with Crippen molar-refractivity contribution in [3.8, 4) is 34.0 Å². The van der Waals surface area contributed by atoms with Crippen molar-refractivity contribution >= 4 is 39.2 Å². The highest BCUT2D eigenvalue weighted by molar-refractivity contribution is 8.00. The summed E-state index contributed by atoms with van der Waals surface area (Å²) in [6.07, 6.45) is 2.04. The van der Waals surface area contributed by atoms with Gasteiger partial charge in [-0.1, -0.05) is 24.8 Å². The minimum atomic E-state index is -3.83. The number of sulfonamides is 1. The van der Waals surface area contributed by atoms with Crippen LogP contribution in [0.2, 0.25) is 0 Å². The third kappa shape index (κ3) is 7.21. The average molecular weight is 630 g/mol. The van der Waals surface area contributed by atoms with Crippen LogP contribution in [0.3, 0.4) is 0 Å². The van der Waals surface area contributed by atoms with E-state index in [1.807, 2.05) is 55.5 Å². The number of H-pyrrole nitrogens is 1. The van der Waals surface area contributed by atoms with Gasteiger partial charge in [-0.25, -0.2) is 18.4 Å². The zero-order valence-corrected chi connectivity index (χ0v) is 25.9. The number of hydrogen-bond donors (Lipinski definition) is 3. The summed E-state index contributed by atoms with van der Waals surface area (Å²) in [5.41, 5.74) is 3.84. The summed E-state index contributed by atoms with van der Waals surface area (Å²) in [5.74, 6) is 1.47. The molecule has 12 heteroatoms. The van der Waals surface area contributed by atoms with Crippen LogP contribution in [0.15, 0.2) is 107 Å². The van der Waals surface area contributed by atoms with Gasteiger partial charge in [-0.2, -0.15) is 0 Å². The Hall–Kier alpha value is -4.81. The van der Waals surface area contributed by atoms with Crippen LogP contribution < -0.4 is 19.5 Å². The van der Waals surface area contributed by atoms with Crippen molar-refractivity contribution in [2.75, 3.05) is 24.3 Å². The molecule has 10 nitrogen and oxygen atoms in total. The van der Waals surface area contributed by atoms with E-state index < -0.39 is 15.3 Å². The highest BCUT2D eigenvalue weighted by Crippen LogP contribution is 2.36. The zero-order valence-electron chi connectivity index (χ0n) is 24.3. The number of methoxy groups -OCH3 is 2. The molecule has 2 aromatic heterocycles. The van der Waals surface area contributed by atoms with E-state index in [9.17, 15) is 13.2 Å². The fourth-order valence-corrected chi connectivity index (χ4v) is 6.26. The van der Waals surface area contributed by atoms with Gasteiger partial charge in [-0.15, -0.1) is 0 Å². The highest BCUT2D eigenvalue weighted by Gasteiger charge is 2.23. The Morgan fingerprint density at radius 3 is 2.09 bits per heavy atom. The number of carbonyl (C=O) groups excluding carboxylic acids is 1. The normalized spacial score (nSPS) is 11.9. The second-order valence-electron chi connectivity index (χ2n) is 9.57. The summed E-state index contributed by atoms with van der Waals surface area (Å²) in [6, 6.07) is 26.2. The van der Waals surface area contributed by atoms with Crippen LogP contribution >= 0.6 is 11.8 Å². The number of aromatic amines is 1. The maximum absolute atomic E-state index is 13.3. The number of anilines is 2. The Morgan fingerprint density at radius 1 is 0.886 bits per heavy atom. The molecular weight excluding hydrogens is 599 g/mol. The molecular formula is C32H31N5O5S2. The van der Waals surface area contributed by atoms with Gasteiger partial charge in [0.2, 0.25) is 5.91 Å². The Bertz CT molecular complexity index is 1750. The van der Waals surface area contributed by atoms with Crippen molar-refractivity contribution < 1.29 is 22.7 Å². The number of thioether (sulfide) groups is 1. The lowest BCUT2D eigenvalue weighted by Gasteiger charge is -2.14. The van der Waals surface area contributed by atoms with E-state index in [1.165, 1.54) is 30.1 Å². The summed E-state index contributed by atoms with van der Waals surface area (Å²) in [7, 11) is -0.591. The van der Waals surface area contributed by atoms with Crippen molar-refractivity contribution in [3.05, 3.63) is 97.2 Å². The Kier molecular flexibility index (Phi) is 9.51. The average Bonchev–Trinajstić information content (AvgIpc) is 3.48. The standard InChI is InChI=1S/C32H31N5O5S2/c1-4-27(31(38)34-23-12-18-26(19-13-23)44(39,40)37-28-7-5-6-20-33-28)43-32-35-29(21-8-14-24(41-2)15-9-21)30(36-32)22-10-16-25(42-3)17-11-22/h5-20,27H,4H2,1-3H3,(H,33,37)(H,34,38)(H,35,36). The first-order valence-electron chi connectivity index (χ1n) is 13.7. The molecule has 0 aliphatic rings. The number of nitrogens with one attached hydrogen (secondary N) is 3. The van der Waals surface area contributed by atoms with Crippen LogP contribution in [0.25, 0.3) is 22.5 Å². The van der Waals surface area contributed by atoms with Crippen molar-refractivity contribution in [3.63, 3.8) is 0 Å². The molecule has 0 spiro atoms. The van der Waals surface area contributed by atoms with Crippen LogP contribution in [-0.2, 0) is 14.8 Å². The van der Waals surface area contributed by atoms with Crippen molar-refractivity contribution in [2.24, 2.45) is 0 Å². The highest BCUT2D eigenvalue weighted by atomic mass is 32.2. The minimum Gasteiger partial charge on any atom is -0.497 e. The van der Waals surface area contributed by atoms with Gasteiger partial charge in [-0.3, -0.25) is 9.52 Å². The van der Waals surface area contributed by atoms with Gasteiger partial charge in [0, 0.05) is 23.0 Å². The first-order chi connectivity index (χ1) is 21.3. The first-order valence-corrected chi connectivity index (χ1v) is 16.1. The molecule has 1 atom stereocenters. The van der Waals surface area contributed by atoms with Gasteiger partial charge in [0.05, 0.1) is 35.8 Å². The third-order valence-corrected chi connectivity index (χ3v) is 9.30. The molecule has 0 bridgehead atoms. The van der Waals surface area contributed by atoms with E-state index in [4.69, 9.17) is 14.5 Å². The monoisotopic (exact) mass is 629 g/mol. The van der Waals surface area contributed by atoms with Crippen LogP contribution in [-0.4, -0.2) is 48.7 Å². The predicted octanol–water partition coefficient (Wildman–Crippen LogP) is 6.47. The molecule has 0 saturated heterocycles. The molecule has 0 fully saturated rings. The Balaban J connectivity index is 1.33. The van der Waals surface area contributed by atoms with Crippen LogP contribution in [0.1, 0.15) is 13.3 Å². The molecule has 1 amide bonds. The number of aromatic nitrogens is 3. The Labute approximate surface area is 260 Å². The van der Waals surface area contributed by atoms with Gasteiger partial charge in [0.1, 0.15) is 17.3 Å². The lowest BCUT2D eigenvalue weighted by Crippen LogP contribution is -2.24. The summed E-state index contributed by atoms with van der Waals surface area (Å²) >= 11 is 1.32. The zero-order chi connectivity index (χ0) is 31.1. The SMILES string of the molecule is CCC(Sc1nc(-c2ccc(OC)cc2)c(-c2ccc(OC)cc2)[nH]1)C(=O)Nc1ccc(S(=O)(=O)Nc2ccccn2)cc1. The quantitative estimate of drug-likeness (QED) is 0.134. The number of carbonyl (C=O) groups is 1. The van der Waals surface area contributed by atoms with E-state index in [-0.39, 0.29) is 16.6 Å². The maximum Gasteiger partial charge on any atom is 0.263 e. The summed E-state index contributed by atoms with van der Waals surface area (Å²) in [5, 5.41) is 3.01. The molecule has 0 saturated carbocycles. The lowest BCUT2D eigenvalue weighted by atomic mass is 10.0. The number of amides is 1. The number of benzene rings is 3. The van der Waals surface area contributed by atoms with E-state index >= 15 is 0 Å². The van der Waals surface area contributed by atoms with Crippen LogP contribution in [0, 0.1) is 0 Å². The predicted molar refractivity (Wildman–Crippen MR) is 173 cm³/mol. The molecule has 5 rings (SSSR count). The van der Waals surface area contributed by atoms with E-state index in [0.717, 1.165) is 34.0 Å². The molecule has 3 N–H and O–H groups in total. The van der Waals surface area contributed by atoms with E-state index in [2.05, 4.69) is 20.0 Å². The summed E-state index contributed by atoms with van der Waals surface area (Å²) < 4.78 is 38.5. The van der Waals surface area contributed by atoms with Gasteiger partial charge in [-0.05, 0) is 91.3 Å². The number of hydrogen-bond acceptors (Lipinski definition) is 8. The van der Waals surface area contributed by atoms with E-state index in [0.29, 0.717) is 17.3 Å². The number of imidazole rings is 1. The number of pyridine rings is 1. The molecule has 0 radical (unpaired) electrons. The fraction of sp³-hybridized carbons (Fsp3) is 0.156. The third-order valence-electron chi connectivity index (χ3n) is 6.68. The fourth-order valence-electron chi connectivity index (χ4n) is 4.35.